The van der Waals surface area contributed by atoms with Crippen LogP contribution in [0.1, 0.15) is 93.4 Å². The van der Waals surface area contributed by atoms with Crippen LogP contribution in [0.25, 0.3) is 11.1 Å². The van der Waals surface area contributed by atoms with Gasteiger partial charge in [0.1, 0.15) is 12.1 Å². The standard InChI is InChI=1S/C27H32N2/c1-3-5-7-21-10-14-23(15-11-21)25-17-16-24(26(18-28)27(25)19-29)22-12-8-20(6-4-2)9-13-22/h10-11,14-17,20,22H,3-9,12-13H2,1-2H3. The Morgan fingerprint density at radius 2 is 1.52 bits per heavy atom. The Hall–Kier alpha value is -2.58. The Morgan fingerprint density at radius 1 is 0.828 bits per heavy atom. The average Bonchev–Trinajstić information content (AvgIpc) is 2.77. The molecule has 0 spiro atoms. The van der Waals surface area contributed by atoms with E-state index in [0.29, 0.717) is 17.0 Å². The molecule has 2 aromatic rings. The van der Waals surface area contributed by atoms with Crippen LogP contribution in [0.2, 0.25) is 0 Å². The summed E-state index contributed by atoms with van der Waals surface area (Å²) in [7, 11) is 0. The zero-order valence-corrected chi connectivity index (χ0v) is 17.9. The van der Waals surface area contributed by atoms with Crippen molar-refractivity contribution in [1.82, 2.24) is 0 Å². The molecule has 0 saturated heterocycles. The Balaban J connectivity index is 1.88. The van der Waals surface area contributed by atoms with E-state index in [1.807, 2.05) is 0 Å². The van der Waals surface area contributed by atoms with Crippen molar-refractivity contribution in [3.8, 4) is 23.3 Å². The van der Waals surface area contributed by atoms with Crippen LogP contribution in [0.15, 0.2) is 36.4 Å². The molecule has 1 fully saturated rings. The first-order valence-electron chi connectivity index (χ1n) is 11.3. The molecule has 1 saturated carbocycles. The third-order valence-electron chi connectivity index (χ3n) is 6.53. The second-order valence-corrected chi connectivity index (χ2v) is 8.48. The van der Waals surface area contributed by atoms with Gasteiger partial charge in [0.15, 0.2) is 0 Å². The van der Waals surface area contributed by atoms with Crippen LogP contribution in [0.3, 0.4) is 0 Å². The van der Waals surface area contributed by atoms with Crippen LogP contribution in [0.4, 0.5) is 0 Å². The van der Waals surface area contributed by atoms with E-state index >= 15 is 0 Å². The topological polar surface area (TPSA) is 47.6 Å². The molecule has 0 amide bonds. The van der Waals surface area contributed by atoms with Gasteiger partial charge in [-0.15, -0.1) is 0 Å². The van der Waals surface area contributed by atoms with Gasteiger partial charge in [0.05, 0.1) is 11.1 Å². The van der Waals surface area contributed by atoms with Gasteiger partial charge in [0.2, 0.25) is 0 Å². The van der Waals surface area contributed by atoms with Crippen LogP contribution in [-0.2, 0) is 6.42 Å². The number of aryl methyl sites for hydroxylation is 1. The van der Waals surface area contributed by atoms with Crippen molar-refractivity contribution >= 4 is 0 Å². The van der Waals surface area contributed by atoms with Crippen molar-refractivity contribution in [2.24, 2.45) is 5.92 Å². The van der Waals surface area contributed by atoms with Gasteiger partial charge in [-0.3, -0.25) is 0 Å². The second-order valence-electron chi connectivity index (χ2n) is 8.48. The quantitative estimate of drug-likeness (QED) is 0.496. The van der Waals surface area contributed by atoms with Crippen molar-refractivity contribution < 1.29 is 0 Å². The first kappa shape index (κ1) is 21.1. The lowest BCUT2D eigenvalue weighted by molar-refractivity contribution is 0.308. The molecule has 0 unspecified atom stereocenters. The average molecular weight is 385 g/mol. The maximum atomic E-state index is 9.91. The van der Waals surface area contributed by atoms with E-state index in [2.05, 4.69) is 62.4 Å². The zero-order chi connectivity index (χ0) is 20.6. The number of hydrogen-bond donors (Lipinski definition) is 0. The molecular weight excluding hydrogens is 352 g/mol. The summed E-state index contributed by atoms with van der Waals surface area (Å²) in [5, 5.41) is 19.8. The van der Waals surface area contributed by atoms with Crippen LogP contribution in [-0.4, -0.2) is 0 Å². The highest BCUT2D eigenvalue weighted by Gasteiger charge is 2.25. The number of hydrogen-bond acceptors (Lipinski definition) is 2. The highest BCUT2D eigenvalue weighted by Crippen LogP contribution is 2.40. The number of benzene rings is 2. The molecule has 0 radical (unpaired) electrons. The largest absolute Gasteiger partial charge is 0.192 e. The van der Waals surface area contributed by atoms with Gasteiger partial charge in [-0.05, 0) is 67.1 Å². The van der Waals surface area contributed by atoms with E-state index in [1.165, 1.54) is 44.1 Å². The number of nitrogens with zero attached hydrogens (tertiary/aromatic N) is 2. The number of rotatable bonds is 7. The van der Waals surface area contributed by atoms with E-state index in [1.54, 1.807) is 0 Å². The minimum atomic E-state index is 0.412. The van der Waals surface area contributed by atoms with Crippen molar-refractivity contribution in [2.45, 2.75) is 77.6 Å². The van der Waals surface area contributed by atoms with Gasteiger partial charge in [-0.25, -0.2) is 0 Å². The zero-order valence-electron chi connectivity index (χ0n) is 17.9. The summed E-state index contributed by atoms with van der Waals surface area (Å²) in [6, 6.07) is 17.4. The third kappa shape index (κ3) is 4.89. The van der Waals surface area contributed by atoms with Gasteiger partial charge in [-0.2, -0.15) is 10.5 Å². The predicted molar refractivity (Wildman–Crippen MR) is 120 cm³/mol. The second kappa shape index (κ2) is 10.3. The lowest BCUT2D eigenvalue weighted by Gasteiger charge is -2.29. The summed E-state index contributed by atoms with van der Waals surface area (Å²) in [5.74, 6) is 1.25. The van der Waals surface area contributed by atoms with E-state index in [0.717, 1.165) is 41.9 Å². The van der Waals surface area contributed by atoms with Gasteiger partial charge >= 0.3 is 0 Å². The molecular formula is C27H32N2. The first-order chi connectivity index (χ1) is 14.2. The van der Waals surface area contributed by atoms with Crippen molar-refractivity contribution in [3.05, 3.63) is 58.7 Å². The van der Waals surface area contributed by atoms with Gasteiger partial charge in [-0.1, -0.05) is 69.5 Å². The molecule has 2 aromatic carbocycles. The first-order valence-corrected chi connectivity index (χ1v) is 11.3. The number of nitriles is 2. The highest BCUT2D eigenvalue weighted by molar-refractivity contribution is 5.75. The predicted octanol–water partition coefficient (Wildman–Crippen LogP) is 7.51. The maximum absolute atomic E-state index is 9.91. The lowest BCUT2D eigenvalue weighted by atomic mass is 9.75. The summed E-state index contributed by atoms with van der Waals surface area (Å²) < 4.78 is 0. The molecule has 2 heteroatoms. The van der Waals surface area contributed by atoms with Crippen LogP contribution >= 0.6 is 0 Å². The van der Waals surface area contributed by atoms with Crippen molar-refractivity contribution in [2.75, 3.05) is 0 Å². The summed E-state index contributed by atoms with van der Waals surface area (Å²) in [5.41, 5.74) is 5.46. The minimum absolute atomic E-state index is 0.412. The monoisotopic (exact) mass is 384 g/mol. The van der Waals surface area contributed by atoms with Crippen LogP contribution < -0.4 is 0 Å². The molecule has 1 aliphatic carbocycles. The Bertz CT molecular complexity index is 888. The fourth-order valence-electron chi connectivity index (χ4n) is 4.84. The van der Waals surface area contributed by atoms with Crippen molar-refractivity contribution in [1.29, 1.82) is 10.5 Å². The SMILES string of the molecule is CCCCc1ccc(-c2ccc(C3CCC(CCC)CC3)c(C#N)c2C#N)cc1. The fourth-order valence-corrected chi connectivity index (χ4v) is 4.84. The van der Waals surface area contributed by atoms with Crippen LogP contribution in [0.5, 0.6) is 0 Å². The Labute approximate surface area is 176 Å². The molecule has 0 N–H and O–H groups in total. The van der Waals surface area contributed by atoms with E-state index in [9.17, 15) is 10.5 Å². The van der Waals surface area contributed by atoms with Gasteiger partial charge in [0.25, 0.3) is 0 Å². The third-order valence-corrected chi connectivity index (χ3v) is 6.53. The summed E-state index contributed by atoms with van der Waals surface area (Å²) >= 11 is 0. The van der Waals surface area contributed by atoms with E-state index in [-0.39, 0.29) is 0 Å². The summed E-state index contributed by atoms with van der Waals surface area (Å²) in [6.07, 6.45) is 10.8. The molecule has 3 rings (SSSR count). The van der Waals surface area contributed by atoms with Gasteiger partial charge < -0.3 is 0 Å². The maximum Gasteiger partial charge on any atom is 0.101 e. The van der Waals surface area contributed by atoms with E-state index < -0.39 is 0 Å². The number of unbranched alkanes of at least 4 members (excludes halogenated alkanes) is 1. The van der Waals surface area contributed by atoms with Gasteiger partial charge in [0, 0.05) is 5.56 Å². The molecule has 1 aliphatic rings. The molecule has 150 valence electrons. The molecule has 0 aromatic heterocycles. The molecule has 0 bridgehead atoms. The Kier molecular flexibility index (Phi) is 7.48. The molecule has 29 heavy (non-hydrogen) atoms. The Morgan fingerprint density at radius 3 is 2.10 bits per heavy atom. The fraction of sp³-hybridized carbons (Fsp3) is 0.481. The molecule has 0 heterocycles. The molecule has 0 aliphatic heterocycles. The summed E-state index contributed by atoms with van der Waals surface area (Å²) in [6.45, 7) is 4.46. The smallest absolute Gasteiger partial charge is 0.101 e. The lowest BCUT2D eigenvalue weighted by Crippen LogP contribution is -2.14. The van der Waals surface area contributed by atoms with Crippen molar-refractivity contribution in [3.63, 3.8) is 0 Å². The molecule has 2 nitrogen and oxygen atoms in total. The normalized spacial score (nSPS) is 18.8. The minimum Gasteiger partial charge on any atom is -0.192 e. The van der Waals surface area contributed by atoms with E-state index in [4.69, 9.17) is 0 Å². The molecule has 0 atom stereocenters. The summed E-state index contributed by atoms with van der Waals surface area (Å²) in [4.78, 5) is 0. The van der Waals surface area contributed by atoms with Crippen LogP contribution in [0, 0.1) is 28.6 Å². The highest BCUT2D eigenvalue weighted by atomic mass is 14.3.